The smallest absolute Gasteiger partial charge is 0.207 e. The Morgan fingerprint density at radius 2 is 2.05 bits per heavy atom. The number of anilines is 2. The summed E-state index contributed by atoms with van der Waals surface area (Å²) < 4.78 is 8.10. The molecule has 3 rings (SSSR count). The fourth-order valence-electron chi connectivity index (χ4n) is 2.97. The Morgan fingerprint density at radius 1 is 1.29 bits per heavy atom. The molecule has 1 N–H and O–H groups in total. The van der Waals surface area contributed by atoms with E-state index in [2.05, 4.69) is 47.0 Å². The molecule has 112 valence electrons. The van der Waals surface area contributed by atoms with Crippen LogP contribution in [0, 0.1) is 6.92 Å². The van der Waals surface area contributed by atoms with Gasteiger partial charge >= 0.3 is 0 Å². The first-order valence-electron chi connectivity index (χ1n) is 7.55. The summed E-state index contributed by atoms with van der Waals surface area (Å²) in [6.45, 7) is 7.16. The number of aryl methyl sites for hydroxylation is 1. The van der Waals surface area contributed by atoms with Crippen molar-refractivity contribution in [3.05, 3.63) is 42.2 Å². The van der Waals surface area contributed by atoms with Crippen molar-refractivity contribution in [3.8, 4) is 0 Å². The van der Waals surface area contributed by atoms with Crippen molar-refractivity contribution < 1.29 is 4.74 Å². The van der Waals surface area contributed by atoms with Crippen LogP contribution in [0.15, 0.2) is 36.5 Å². The van der Waals surface area contributed by atoms with E-state index in [0.29, 0.717) is 6.04 Å². The number of rotatable bonds is 3. The summed E-state index contributed by atoms with van der Waals surface area (Å²) in [5, 5.41) is 3.43. The highest BCUT2D eigenvalue weighted by molar-refractivity contribution is 5.53. The Labute approximate surface area is 126 Å². The lowest BCUT2D eigenvalue weighted by Gasteiger charge is -2.36. The summed E-state index contributed by atoms with van der Waals surface area (Å²) in [6, 6.07) is 10.6. The number of nitrogens with zero attached hydrogens (tertiary/aromatic N) is 2. The van der Waals surface area contributed by atoms with Crippen LogP contribution in [0.5, 0.6) is 0 Å². The molecule has 0 amide bonds. The summed E-state index contributed by atoms with van der Waals surface area (Å²) in [5.41, 5.74) is 2.04. The quantitative estimate of drug-likeness (QED) is 0.924. The Morgan fingerprint density at radius 3 is 2.76 bits per heavy atom. The number of aromatic nitrogens is 2. The van der Waals surface area contributed by atoms with Crippen molar-refractivity contribution >= 4 is 11.6 Å². The molecule has 0 spiro atoms. The van der Waals surface area contributed by atoms with Gasteiger partial charge in [-0.25, -0.2) is 4.98 Å². The monoisotopic (exact) mass is 285 g/mol. The normalized spacial score (nSPS) is 21.2. The molecule has 0 bridgehead atoms. The van der Waals surface area contributed by atoms with Crippen molar-refractivity contribution in [2.24, 2.45) is 0 Å². The van der Waals surface area contributed by atoms with Crippen LogP contribution in [-0.2, 0) is 4.74 Å². The zero-order valence-corrected chi connectivity index (χ0v) is 13.0. The molecule has 0 radical (unpaired) electrons. The summed E-state index contributed by atoms with van der Waals surface area (Å²) >= 11 is 0. The van der Waals surface area contributed by atoms with Crippen LogP contribution in [0.3, 0.4) is 0 Å². The minimum atomic E-state index is -0.0644. The van der Waals surface area contributed by atoms with E-state index in [4.69, 9.17) is 4.74 Å². The van der Waals surface area contributed by atoms with Gasteiger partial charge in [0.25, 0.3) is 0 Å². The van der Waals surface area contributed by atoms with Crippen molar-refractivity contribution in [2.45, 2.75) is 45.3 Å². The summed E-state index contributed by atoms with van der Waals surface area (Å²) in [4.78, 5) is 4.64. The van der Waals surface area contributed by atoms with E-state index in [0.717, 1.165) is 36.8 Å². The Balaban J connectivity index is 1.85. The van der Waals surface area contributed by atoms with Gasteiger partial charge in [0.1, 0.15) is 0 Å². The molecule has 4 heteroatoms. The third-order valence-corrected chi connectivity index (χ3v) is 3.95. The number of hydrogen-bond acceptors (Lipinski definition) is 3. The van der Waals surface area contributed by atoms with Gasteiger partial charge in [0.05, 0.1) is 11.3 Å². The summed E-state index contributed by atoms with van der Waals surface area (Å²) in [5.74, 6) is 0.918. The first-order chi connectivity index (χ1) is 10.0. The van der Waals surface area contributed by atoms with Gasteiger partial charge in [0.2, 0.25) is 5.95 Å². The number of imidazole rings is 1. The van der Waals surface area contributed by atoms with E-state index in [9.17, 15) is 0 Å². The van der Waals surface area contributed by atoms with Crippen LogP contribution >= 0.6 is 0 Å². The average molecular weight is 285 g/mol. The molecule has 1 unspecified atom stereocenters. The largest absolute Gasteiger partial charge is 0.375 e. The fraction of sp³-hybridized carbons (Fsp3) is 0.471. The van der Waals surface area contributed by atoms with Crippen LogP contribution < -0.4 is 5.32 Å². The maximum atomic E-state index is 5.83. The molecular formula is C17H23N3O. The standard InChI is InChI=1S/C17H23N3O/c1-13-12-20(15-9-10-21-17(2,3)11-15)16(18-13)19-14-7-5-4-6-8-14/h4-8,12,15H,9-11H2,1-3H3,(H,18,19). The number of hydrogen-bond donors (Lipinski definition) is 1. The lowest BCUT2D eigenvalue weighted by Crippen LogP contribution is -2.35. The Hall–Kier alpha value is -1.81. The van der Waals surface area contributed by atoms with Gasteiger partial charge in [-0.1, -0.05) is 18.2 Å². The van der Waals surface area contributed by atoms with Gasteiger partial charge in [0, 0.05) is 24.5 Å². The highest BCUT2D eigenvalue weighted by Gasteiger charge is 2.31. The lowest BCUT2D eigenvalue weighted by molar-refractivity contribution is -0.0688. The minimum Gasteiger partial charge on any atom is -0.375 e. The molecule has 2 aromatic rings. The molecule has 1 atom stereocenters. The Kier molecular flexibility index (Phi) is 3.72. The zero-order chi connectivity index (χ0) is 14.9. The van der Waals surface area contributed by atoms with Crippen molar-refractivity contribution in [3.63, 3.8) is 0 Å². The number of nitrogens with one attached hydrogen (secondary N) is 1. The van der Waals surface area contributed by atoms with E-state index < -0.39 is 0 Å². The average Bonchev–Trinajstić information content (AvgIpc) is 2.80. The fourth-order valence-corrected chi connectivity index (χ4v) is 2.97. The molecule has 1 aromatic carbocycles. The van der Waals surface area contributed by atoms with E-state index >= 15 is 0 Å². The number of benzene rings is 1. The first-order valence-corrected chi connectivity index (χ1v) is 7.55. The maximum absolute atomic E-state index is 5.83. The Bertz CT molecular complexity index is 604. The predicted molar refractivity (Wildman–Crippen MR) is 85.0 cm³/mol. The lowest BCUT2D eigenvalue weighted by atomic mass is 9.94. The van der Waals surface area contributed by atoms with Crippen molar-refractivity contribution in [1.29, 1.82) is 0 Å². The molecule has 4 nitrogen and oxygen atoms in total. The van der Waals surface area contributed by atoms with E-state index in [-0.39, 0.29) is 5.60 Å². The summed E-state index contributed by atoms with van der Waals surface area (Å²) in [6.07, 6.45) is 4.17. The summed E-state index contributed by atoms with van der Waals surface area (Å²) in [7, 11) is 0. The van der Waals surface area contributed by atoms with Gasteiger partial charge < -0.3 is 14.6 Å². The second-order valence-corrected chi connectivity index (χ2v) is 6.36. The van der Waals surface area contributed by atoms with E-state index in [1.807, 2.05) is 25.1 Å². The molecule has 2 heterocycles. The van der Waals surface area contributed by atoms with Gasteiger partial charge in [-0.3, -0.25) is 0 Å². The van der Waals surface area contributed by atoms with Crippen LogP contribution in [0.1, 0.15) is 38.4 Å². The number of ether oxygens (including phenoxy) is 1. The third-order valence-electron chi connectivity index (χ3n) is 3.95. The van der Waals surface area contributed by atoms with E-state index in [1.54, 1.807) is 0 Å². The number of para-hydroxylation sites is 1. The minimum absolute atomic E-state index is 0.0644. The predicted octanol–water partition coefficient (Wildman–Crippen LogP) is 4.07. The van der Waals surface area contributed by atoms with Crippen LogP contribution in [0.4, 0.5) is 11.6 Å². The molecule has 0 aliphatic carbocycles. The van der Waals surface area contributed by atoms with Crippen LogP contribution in [-0.4, -0.2) is 21.8 Å². The first kappa shape index (κ1) is 14.1. The van der Waals surface area contributed by atoms with Crippen LogP contribution in [0.25, 0.3) is 0 Å². The highest BCUT2D eigenvalue weighted by Crippen LogP contribution is 2.34. The molecular weight excluding hydrogens is 262 g/mol. The topological polar surface area (TPSA) is 39.1 Å². The van der Waals surface area contributed by atoms with Gasteiger partial charge in [0.15, 0.2) is 0 Å². The van der Waals surface area contributed by atoms with Crippen molar-refractivity contribution in [1.82, 2.24) is 9.55 Å². The molecule has 1 aliphatic heterocycles. The van der Waals surface area contributed by atoms with E-state index in [1.165, 1.54) is 0 Å². The second kappa shape index (κ2) is 5.53. The molecule has 0 saturated carbocycles. The van der Waals surface area contributed by atoms with Crippen molar-refractivity contribution in [2.75, 3.05) is 11.9 Å². The second-order valence-electron chi connectivity index (χ2n) is 6.36. The molecule has 1 fully saturated rings. The van der Waals surface area contributed by atoms with Gasteiger partial charge in [-0.15, -0.1) is 0 Å². The molecule has 21 heavy (non-hydrogen) atoms. The van der Waals surface area contributed by atoms with Crippen LogP contribution in [0.2, 0.25) is 0 Å². The molecule has 1 saturated heterocycles. The van der Waals surface area contributed by atoms with Gasteiger partial charge in [-0.2, -0.15) is 0 Å². The zero-order valence-electron chi connectivity index (χ0n) is 13.0. The third kappa shape index (κ3) is 3.27. The maximum Gasteiger partial charge on any atom is 0.207 e. The molecule has 1 aliphatic rings. The SMILES string of the molecule is Cc1cn(C2CCOC(C)(C)C2)c(Nc2ccccc2)n1. The van der Waals surface area contributed by atoms with Gasteiger partial charge in [-0.05, 0) is 45.7 Å². The molecule has 1 aromatic heterocycles. The highest BCUT2D eigenvalue weighted by atomic mass is 16.5.